The van der Waals surface area contributed by atoms with Crippen LogP contribution in [0.4, 0.5) is 5.69 Å². The number of Topliss-reactive ketones (excluding diaryl/α,β-unsaturated/α-hetero) is 1. The van der Waals surface area contributed by atoms with Crippen LogP contribution in [-0.2, 0) is 10.0 Å². The van der Waals surface area contributed by atoms with Gasteiger partial charge in [-0.05, 0) is 55.0 Å². The maximum absolute atomic E-state index is 13.0. The number of ketones is 1. The monoisotopic (exact) mass is 446 g/mol. The van der Waals surface area contributed by atoms with Crippen LogP contribution in [-0.4, -0.2) is 31.0 Å². The molecule has 0 radical (unpaired) electrons. The van der Waals surface area contributed by atoms with Gasteiger partial charge in [-0.3, -0.25) is 4.79 Å². The molecular formula is C24H18N2O5S. The molecule has 2 N–H and O–H groups in total. The topological polar surface area (TPSA) is 113 Å². The first-order valence-electron chi connectivity index (χ1n) is 9.62. The minimum Gasteiger partial charge on any atom is -0.478 e. The van der Waals surface area contributed by atoms with Gasteiger partial charge in [0.15, 0.2) is 0 Å². The molecule has 0 saturated heterocycles. The zero-order valence-electron chi connectivity index (χ0n) is 16.9. The normalized spacial score (nSPS) is 14.6. The highest BCUT2D eigenvalue weighted by molar-refractivity contribution is 7.90. The van der Waals surface area contributed by atoms with Gasteiger partial charge >= 0.3 is 5.97 Å². The number of hydrogen-bond donors (Lipinski definition) is 2. The molecule has 0 amide bonds. The Balaban J connectivity index is 1.79. The van der Waals surface area contributed by atoms with E-state index in [0.29, 0.717) is 16.8 Å². The van der Waals surface area contributed by atoms with E-state index in [4.69, 9.17) is 5.11 Å². The van der Waals surface area contributed by atoms with Crippen molar-refractivity contribution in [3.05, 3.63) is 107 Å². The standard InChI is InChI=1S/C24H18N2O5S/c1-15-5-4-6-17(13-15)25-22-14-21(19-7-2-3-8-20(19)23(22)27)26-32(30,31)18-11-9-16(10-12-18)24(28)29/h2-14,25H,1H3,(H,28,29). The number of allylic oxidation sites excluding steroid dienone is 2. The molecule has 0 heterocycles. The number of rotatable bonds is 5. The van der Waals surface area contributed by atoms with Crippen LogP contribution in [0, 0.1) is 6.92 Å². The molecule has 0 saturated carbocycles. The van der Waals surface area contributed by atoms with Gasteiger partial charge in [0.2, 0.25) is 5.78 Å². The van der Waals surface area contributed by atoms with Crippen LogP contribution in [0.5, 0.6) is 0 Å². The van der Waals surface area contributed by atoms with E-state index in [0.717, 1.165) is 5.56 Å². The van der Waals surface area contributed by atoms with Crippen molar-refractivity contribution in [2.24, 2.45) is 4.40 Å². The highest BCUT2D eigenvalue weighted by atomic mass is 32.2. The highest BCUT2D eigenvalue weighted by Gasteiger charge is 2.26. The number of sulfonamides is 1. The number of carbonyl (C=O) groups excluding carboxylic acids is 1. The Morgan fingerprint density at radius 2 is 1.62 bits per heavy atom. The van der Waals surface area contributed by atoms with Crippen LogP contribution >= 0.6 is 0 Å². The van der Waals surface area contributed by atoms with Crippen LogP contribution < -0.4 is 5.32 Å². The Morgan fingerprint density at radius 3 is 2.28 bits per heavy atom. The lowest BCUT2D eigenvalue weighted by Crippen LogP contribution is -2.22. The van der Waals surface area contributed by atoms with Gasteiger partial charge in [-0.25, -0.2) is 4.79 Å². The number of carboxylic acids is 1. The predicted molar refractivity (Wildman–Crippen MR) is 121 cm³/mol. The molecule has 0 aliphatic heterocycles. The number of hydrogen-bond acceptors (Lipinski definition) is 5. The molecule has 0 aromatic heterocycles. The van der Waals surface area contributed by atoms with Gasteiger partial charge in [0.25, 0.3) is 10.0 Å². The van der Waals surface area contributed by atoms with Gasteiger partial charge in [-0.1, -0.05) is 36.4 Å². The summed E-state index contributed by atoms with van der Waals surface area (Å²) in [5.41, 5.74) is 2.70. The van der Waals surface area contributed by atoms with Crippen molar-refractivity contribution in [2.45, 2.75) is 11.8 Å². The third-order valence-electron chi connectivity index (χ3n) is 4.89. The lowest BCUT2D eigenvalue weighted by Gasteiger charge is -2.19. The maximum Gasteiger partial charge on any atom is 0.335 e. The molecule has 8 heteroatoms. The Bertz CT molecular complexity index is 1400. The molecule has 0 atom stereocenters. The number of carboxylic acid groups (broad SMARTS) is 1. The first-order valence-corrected chi connectivity index (χ1v) is 11.1. The van der Waals surface area contributed by atoms with Gasteiger partial charge in [-0.2, -0.15) is 12.8 Å². The summed E-state index contributed by atoms with van der Waals surface area (Å²) in [6.45, 7) is 1.92. The van der Waals surface area contributed by atoms with Gasteiger partial charge in [0.05, 0.1) is 21.9 Å². The number of aromatic carboxylic acids is 1. The number of nitrogens with one attached hydrogen (secondary N) is 1. The number of nitrogens with zero attached hydrogens (tertiary/aromatic N) is 1. The highest BCUT2D eigenvalue weighted by Crippen LogP contribution is 2.25. The molecule has 32 heavy (non-hydrogen) atoms. The second-order valence-electron chi connectivity index (χ2n) is 7.21. The molecule has 0 spiro atoms. The molecule has 0 unspecified atom stereocenters. The predicted octanol–water partition coefficient (Wildman–Crippen LogP) is 4.06. The lowest BCUT2D eigenvalue weighted by molar-refractivity contribution is 0.0696. The Morgan fingerprint density at radius 1 is 0.938 bits per heavy atom. The molecule has 4 rings (SSSR count). The first kappa shape index (κ1) is 21.2. The third kappa shape index (κ3) is 4.21. The van der Waals surface area contributed by atoms with Crippen LogP contribution in [0.25, 0.3) is 0 Å². The van der Waals surface area contributed by atoms with E-state index in [9.17, 15) is 18.0 Å². The zero-order chi connectivity index (χ0) is 22.9. The van der Waals surface area contributed by atoms with Gasteiger partial charge in [-0.15, -0.1) is 0 Å². The quantitative estimate of drug-likeness (QED) is 0.611. The van der Waals surface area contributed by atoms with E-state index < -0.39 is 16.0 Å². The molecule has 0 fully saturated rings. The van der Waals surface area contributed by atoms with E-state index in [-0.39, 0.29) is 27.7 Å². The number of carbonyl (C=O) groups is 2. The molecule has 1 aliphatic carbocycles. The van der Waals surface area contributed by atoms with Gasteiger partial charge < -0.3 is 10.4 Å². The van der Waals surface area contributed by atoms with E-state index >= 15 is 0 Å². The minimum atomic E-state index is -4.15. The van der Waals surface area contributed by atoms with Crippen molar-refractivity contribution >= 4 is 33.2 Å². The zero-order valence-corrected chi connectivity index (χ0v) is 17.8. The van der Waals surface area contributed by atoms with Crippen LogP contribution in [0.15, 0.2) is 93.9 Å². The largest absolute Gasteiger partial charge is 0.478 e. The number of anilines is 1. The summed E-state index contributed by atoms with van der Waals surface area (Å²) in [6.07, 6.45) is 1.41. The maximum atomic E-state index is 13.0. The van der Waals surface area contributed by atoms with Crippen molar-refractivity contribution in [2.75, 3.05) is 5.32 Å². The number of fused-ring (bicyclic) bond motifs is 1. The van der Waals surface area contributed by atoms with E-state index in [1.54, 1.807) is 30.3 Å². The van der Waals surface area contributed by atoms with E-state index in [1.807, 2.05) is 25.1 Å². The molecule has 0 bridgehead atoms. The number of aryl methyl sites for hydroxylation is 1. The molecule has 160 valence electrons. The van der Waals surface area contributed by atoms with Gasteiger partial charge in [0, 0.05) is 16.8 Å². The van der Waals surface area contributed by atoms with Crippen molar-refractivity contribution in [1.82, 2.24) is 0 Å². The fraction of sp³-hybridized carbons (Fsp3) is 0.0417. The summed E-state index contributed by atoms with van der Waals surface area (Å²) in [7, 11) is -4.15. The number of benzene rings is 3. The fourth-order valence-electron chi connectivity index (χ4n) is 3.33. The first-order chi connectivity index (χ1) is 15.2. The van der Waals surface area contributed by atoms with E-state index in [1.165, 1.54) is 30.3 Å². The SMILES string of the molecule is Cc1cccc(NC2=CC(=NS(=O)(=O)c3ccc(C(=O)O)cc3)c3ccccc3C2=O)c1. The summed E-state index contributed by atoms with van der Waals surface area (Å²) >= 11 is 0. The fourth-order valence-corrected chi connectivity index (χ4v) is 4.32. The van der Waals surface area contributed by atoms with Gasteiger partial charge in [0.1, 0.15) is 0 Å². The van der Waals surface area contributed by atoms with Crippen molar-refractivity contribution in [1.29, 1.82) is 0 Å². The average molecular weight is 446 g/mol. The smallest absolute Gasteiger partial charge is 0.335 e. The average Bonchev–Trinajstić information content (AvgIpc) is 2.77. The van der Waals surface area contributed by atoms with E-state index in [2.05, 4.69) is 9.71 Å². The second-order valence-corrected chi connectivity index (χ2v) is 8.81. The summed E-state index contributed by atoms with van der Waals surface area (Å²) in [4.78, 5) is 23.9. The molecule has 1 aliphatic rings. The van der Waals surface area contributed by atoms with Crippen LogP contribution in [0.3, 0.4) is 0 Å². The summed E-state index contributed by atoms with van der Waals surface area (Å²) in [6, 6.07) is 18.9. The Labute approximate surface area is 184 Å². The molecule has 7 nitrogen and oxygen atoms in total. The Hall–Kier alpha value is -4.04. The molecule has 3 aromatic rings. The van der Waals surface area contributed by atoms with Crippen LogP contribution in [0.2, 0.25) is 0 Å². The summed E-state index contributed by atoms with van der Waals surface area (Å²) < 4.78 is 29.8. The van der Waals surface area contributed by atoms with Crippen molar-refractivity contribution in [3.63, 3.8) is 0 Å². The van der Waals surface area contributed by atoms with Crippen molar-refractivity contribution < 1.29 is 23.1 Å². The molecular weight excluding hydrogens is 428 g/mol. The summed E-state index contributed by atoms with van der Waals surface area (Å²) in [5, 5.41) is 12.1. The minimum absolute atomic E-state index is 0.0326. The second kappa shape index (κ2) is 8.24. The lowest BCUT2D eigenvalue weighted by atomic mass is 9.92. The Kier molecular flexibility index (Phi) is 5.46. The van der Waals surface area contributed by atoms with Crippen molar-refractivity contribution in [3.8, 4) is 0 Å². The summed E-state index contributed by atoms with van der Waals surface area (Å²) in [5.74, 6) is -1.43. The molecule has 3 aromatic carbocycles. The van der Waals surface area contributed by atoms with Crippen LogP contribution in [0.1, 0.15) is 31.8 Å². The third-order valence-corrected chi connectivity index (χ3v) is 6.19.